The molecule has 19 heavy (non-hydrogen) atoms. The largest absolute Gasteiger partial charge is 0.306 e. The molecule has 1 amide bonds. The van der Waals surface area contributed by atoms with Crippen LogP contribution in [0, 0.1) is 11.3 Å². The van der Waals surface area contributed by atoms with Gasteiger partial charge in [-0.15, -0.1) is 0 Å². The number of aryl methyl sites for hydroxylation is 1. The van der Waals surface area contributed by atoms with Crippen molar-refractivity contribution in [3.05, 3.63) is 44.5 Å². The maximum absolute atomic E-state index is 12.2. The van der Waals surface area contributed by atoms with Gasteiger partial charge in [-0.2, -0.15) is 10.4 Å². The molecule has 0 aliphatic carbocycles. The second-order valence-electron chi connectivity index (χ2n) is 3.72. The van der Waals surface area contributed by atoms with Gasteiger partial charge in [-0.05, 0) is 34.1 Å². The number of amides is 1. The minimum absolute atomic E-state index is 0.306. The minimum Gasteiger partial charge on any atom is -0.306 e. The van der Waals surface area contributed by atoms with E-state index in [0.717, 1.165) is 4.47 Å². The number of nitrogens with one attached hydrogen (secondary N) is 1. The maximum Gasteiger partial charge on any atom is 0.257 e. The van der Waals surface area contributed by atoms with Crippen molar-refractivity contribution in [2.45, 2.75) is 0 Å². The number of aromatic nitrogens is 2. The molecular formula is C12H8Br2N4O. The number of halogens is 2. The van der Waals surface area contributed by atoms with Crippen LogP contribution in [-0.4, -0.2) is 15.7 Å². The fourth-order valence-electron chi connectivity index (χ4n) is 1.52. The van der Waals surface area contributed by atoms with E-state index in [-0.39, 0.29) is 5.91 Å². The molecule has 0 atom stereocenters. The topological polar surface area (TPSA) is 70.7 Å². The number of carbonyl (C=O) groups is 1. The second kappa shape index (κ2) is 5.55. The van der Waals surface area contributed by atoms with E-state index in [4.69, 9.17) is 5.26 Å². The van der Waals surface area contributed by atoms with Gasteiger partial charge in [-0.1, -0.05) is 15.9 Å². The number of benzene rings is 1. The molecule has 2 aromatic rings. The summed E-state index contributed by atoms with van der Waals surface area (Å²) in [5.41, 5.74) is 0.803. The van der Waals surface area contributed by atoms with Gasteiger partial charge in [0.2, 0.25) is 0 Å². The summed E-state index contributed by atoms with van der Waals surface area (Å²) in [7, 11) is 1.66. The van der Waals surface area contributed by atoms with Crippen molar-refractivity contribution < 1.29 is 4.79 Å². The van der Waals surface area contributed by atoms with Crippen LogP contribution >= 0.6 is 31.9 Å². The molecule has 0 saturated heterocycles. The first kappa shape index (κ1) is 13.8. The highest BCUT2D eigenvalue weighted by molar-refractivity contribution is 9.11. The summed E-state index contributed by atoms with van der Waals surface area (Å²) >= 11 is 6.65. The van der Waals surface area contributed by atoms with Gasteiger partial charge >= 0.3 is 0 Å². The standard InChI is InChI=1S/C12H8Br2N4O/c1-18-11(7(5-15)6-16-18)17-12(19)9-3-2-8(13)4-10(9)14/h2-4,6H,1H3,(H,17,19). The fourth-order valence-corrected chi connectivity index (χ4v) is 2.74. The van der Waals surface area contributed by atoms with E-state index >= 15 is 0 Å². The summed E-state index contributed by atoms with van der Waals surface area (Å²) in [6, 6.07) is 7.22. The van der Waals surface area contributed by atoms with Crippen molar-refractivity contribution in [3.8, 4) is 6.07 Å². The van der Waals surface area contributed by atoms with Crippen molar-refractivity contribution in [2.24, 2.45) is 7.05 Å². The van der Waals surface area contributed by atoms with Gasteiger partial charge in [0.05, 0.1) is 11.8 Å². The summed E-state index contributed by atoms with van der Waals surface area (Å²) in [6.45, 7) is 0. The molecule has 0 saturated carbocycles. The zero-order valence-corrected chi connectivity index (χ0v) is 13.0. The Labute approximate surface area is 126 Å². The van der Waals surface area contributed by atoms with Crippen LogP contribution < -0.4 is 5.32 Å². The Bertz CT molecular complexity index is 688. The Morgan fingerprint density at radius 1 is 1.47 bits per heavy atom. The Morgan fingerprint density at radius 3 is 2.84 bits per heavy atom. The van der Waals surface area contributed by atoms with Gasteiger partial charge in [-0.3, -0.25) is 9.48 Å². The molecule has 0 aliphatic heterocycles. The third kappa shape index (κ3) is 2.85. The quantitative estimate of drug-likeness (QED) is 0.866. The molecule has 96 valence electrons. The number of nitrogens with zero attached hydrogens (tertiary/aromatic N) is 3. The van der Waals surface area contributed by atoms with E-state index < -0.39 is 0 Å². The van der Waals surface area contributed by atoms with Gasteiger partial charge in [0.15, 0.2) is 0 Å². The van der Waals surface area contributed by atoms with E-state index in [1.165, 1.54) is 10.9 Å². The predicted octanol–water partition coefficient (Wildman–Crippen LogP) is 3.07. The van der Waals surface area contributed by atoms with E-state index in [9.17, 15) is 4.79 Å². The molecule has 5 nitrogen and oxygen atoms in total. The Balaban J connectivity index is 2.31. The summed E-state index contributed by atoms with van der Waals surface area (Å²) in [6.07, 6.45) is 1.41. The average Bonchev–Trinajstić information content (AvgIpc) is 2.70. The summed E-state index contributed by atoms with van der Waals surface area (Å²) in [5, 5.41) is 15.5. The van der Waals surface area contributed by atoms with Crippen LogP contribution in [0.2, 0.25) is 0 Å². The first-order valence-corrected chi connectivity index (χ1v) is 6.80. The number of hydrogen-bond acceptors (Lipinski definition) is 3. The molecule has 0 bridgehead atoms. The van der Waals surface area contributed by atoms with Crippen LogP contribution in [0.15, 0.2) is 33.3 Å². The molecule has 0 fully saturated rings. The van der Waals surface area contributed by atoms with Gasteiger partial charge in [-0.25, -0.2) is 0 Å². The maximum atomic E-state index is 12.2. The van der Waals surface area contributed by atoms with E-state index in [0.29, 0.717) is 21.4 Å². The lowest BCUT2D eigenvalue weighted by molar-refractivity contribution is 0.102. The molecule has 0 aliphatic rings. The van der Waals surface area contributed by atoms with Crippen molar-refractivity contribution in [3.63, 3.8) is 0 Å². The van der Waals surface area contributed by atoms with Crippen LogP contribution in [0.1, 0.15) is 15.9 Å². The predicted molar refractivity (Wildman–Crippen MR) is 77.7 cm³/mol. The normalized spacial score (nSPS) is 10.0. The van der Waals surface area contributed by atoms with Crippen molar-refractivity contribution in [2.75, 3.05) is 5.32 Å². The summed E-state index contributed by atoms with van der Waals surface area (Å²) in [5.74, 6) is 0.0711. The SMILES string of the molecule is Cn1ncc(C#N)c1NC(=O)c1ccc(Br)cc1Br. The molecule has 0 spiro atoms. The smallest absolute Gasteiger partial charge is 0.257 e. The summed E-state index contributed by atoms with van der Waals surface area (Å²) < 4.78 is 2.98. The highest BCUT2D eigenvalue weighted by Gasteiger charge is 2.15. The first-order chi connectivity index (χ1) is 9.02. The van der Waals surface area contributed by atoms with E-state index in [1.807, 2.05) is 6.07 Å². The Kier molecular flexibility index (Phi) is 4.02. The van der Waals surface area contributed by atoms with E-state index in [1.54, 1.807) is 25.2 Å². The lowest BCUT2D eigenvalue weighted by Gasteiger charge is -2.07. The Hall–Kier alpha value is -1.65. The van der Waals surface area contributed by atoms with Crippen LogP contribution in [-0.2, 0) is 7.05 Å². The molecule has 2 rings (SSSR count). The van der Waals surface area contributed by atoms with Crippen molar-refractivity contribution in [1.29, 1.82) is 5.26 Å². The van der Waals surface area contributed by atoms with Crippen molar-refractivity contribution in [1.82, 2.24) is 9.78 Å². The highest BCUT2D eigenvalue weighted by atomic mass is 79.9. The first-order valence-electron chi connectivity index (χ1n) is 5.21. The lowest BCUT2D eigenvalue weighted by atomic mass is 10.2. The molecule has 7 heteroatoms. The number of carbonyl (C=O) groups excluding carboxylic acids is 1. The Morgan fingerprint density at radius 2 is 2.21 bits per heavy atom. The molecule has 1 N–H and O–H groups in total. The fraction of sp³-hybridized carbons (Fsp3) is 0.0833. The number of hydrogen-bond donors (Lipinski definition) is 1. The molecule has 0 unspecified atom stereocenters. The number of nitriles is 1. The zero-order chi connectivity index (χ0) is 14.0. The van der Waals surface area contributed by atoms with E-state index in [2.05, 4.69) is 42.3 Å². The minimum atomic E-state index is -0.306. The van der Waals surface area contributed by atoms with Crippen LogP contribution in [0.3, 0.4) is 0 Å². The van der Waals surface area contributed by atoms with Gasteiger partial charge in [0.25, 0.3) is 5.91 Å². The lowest BCUT2D eigenvalue weighted by Crippen LogP contribution is -2.16. The van der Waals surface area contributed by atoms with Gasteiger partial charge in [0, 0.05) is 16.0 Å². The van der Waals surface area contributed by atoms with Crippen LogP contribution in [0.5, 0.6) is 0 Å². The number of rotatable bonds is 2. The van der Waals surface area contributed by atoms with Gasteiger partial charge < -0.3 is 5.32 Å². The molecule has 1 heterocycles. The average molecular weight is 384 g/mol. The zero-order valence-electron chi connectivity index (χ0n) is 9.82. The molecule has 1 aromatic carbocycles. The third-order valence-electron chi connectivity index (χ3n) is 2.47. The molecule has 0 radical (unpaired) electrons. The highest BCUT2D eigenvalue weighted by Crippen LogP contribution is 2.23. The van der Waals surface area contributed by atoms with Crippen LogP contribution in [0.25, 0.3) is 0 Å². The third-order valence-corrected chi connectivity index (χ3v) is 3.62. The number of anilines is 1. The van der Waals surface area contributed by atoms with Crippen molar-refractivity contribution >= 4 is 43.6 Å². The second-order valence-corrected chi connectivity index (χ2v) is 5.49. The van der Waals surface area contributed by atoms with Crippen LogP contribution in [0.4, 0.5) is 5.82 Å². The summed E-state index contributed by atoms with van der Waals surface area (Å²) in [4.78, 5) is 12.2. The molecule has 1 aromatic heterocycles. The monoisotopic (exact) mass is 382 g/mol. The van der Waals surface area contributed by atoms with Gasteiger partial charge in [0.1, 0.15) is 17.5 Å². The molecular weight excluding hydrogens is 376 g/mol.